The molecule has 0 spiro atoms. The molecule has 1 aromatic carbocycles. The normalized spacial score (nSPS) is 22.3. The van der Waals surface area contributed by atoms with Gasteiger partial charge >= 0.3 is 0 Å². The summed E-state index contributed by atoms with van der Waals surface area (Å²) in [6, 6.07) is 0. The van der Waals surface area contributed by atoms with Crippen molar-refractivity contribution < 1.29 is 4.74 Å². The van der Waals surface area contributed by atoms with Crippen molar-refractivity contribution in [3.8, 4) is 5.75 Å². The average molecular weight is 248 g/mol. The third-order valence-corrected chi connectivity index (χ3v) is 4.12. The first-order valence-corrected chi connectivity index (χ1v) is 6.28. The van der Waals surface area contributed by atoms with Crippen molar-refractivity contribution in [2.75, 3.05) is 6.54 Å². The van der Waals surface area contributed by atoms with E-state index in [2.05, 4.69) is 5.18 Å². The highest BCUT2D eigenvalue weighted by atomic mass is 16.5. The molecule has 2 N–H and O–H groups in total. The average Bonchev–Trinajstić information content (AvgIpc) is 2.37. The molecule has 98 valence electrons. The molecule has 0 aliphatic carbocycles. The van der Waals surface area contributed by atoms with Gasteiger partial charge in [-0.1, -0.05) is 0 Å². The monoisotopic (exact) mass is 248 g/mol. The molecule has 0 aromatic heterocycles. The summed E-state index contributed by atoms with van der Waals surface area (Å²) in [5.41, 5.74) is 10.0. The van der Waals surface area contributed by atoms with Crippen molar-refractivity contribution in [2.24, 2.45) is 10.9 Å². The van der Waals surface area contributed by atoms with E-state index in [0.29, 0.717) is 12.2 Å². The van der Waals surface area contributed by atoms with Gasteiger partial charge in [-0.3, -0.25) is 0 Å². The molecular formula is C14H20N2O2. The maximum atomic E-state index is 11.0. The van der Waals surface area contributed by atoms with Gasteiger partial charge in [-0.05, 0) is 68.0 Å². The Morgan fingerprint density at radius 2 is 1.94 bits per heavy atom. The molecule has 18 heavy (non-hydrogen) atoms. The summed E-state index contributed by atoms with van der Waals surface area (Å²) >= 11 is 0. The molecule has 0 amide bonds. The fourth-order valence-corrected chi connectivity index (χ4v) is 2.58. The summed E-state index contributed by atoms with van der Waals surface area (Å²) in [4.78, 5) is 11.0. The number of nitrogens with two attached hydrogens (primary N) is 1. The fraction of sp³-hybridized carbons (Fsp3) is 0.571. The summed E-state index contributed by atoms with van der Waals surface area (Å²) in [6.45, 7) is 8.36. The van der Waals surface area contributed by atoms with E-state index >= 15 is 0 Å². The Morgan fingerprint density at radius 3 is 2.50 bits per heavy atom. The topological polar surface area (TPSA) is 64.7 Å². The zero-order valence-electron chi connectivity index (χ0n) is 11.5. The van der Waals surface area contributed by atoms with E-state index in [9.17, 15) is 4.91 Å². The Labute approximate surface area is 107 Å². The maximum Gasteiger partial charge on any atom is 0.126 e. The number of hydrogen-bond donors (Lipinski definition) is 1. The molecule has 1 aliphatic heterocycles. The van der Waals surface area contributed by atoms with Gasteiger partial charge in [0.05, 0.1) is 0 Å². The van der Waals surface area contributed by atoms with Crippen molar-refractivity contribution in [3.63, 3.8) is 0 Å². The highest BCUT2D eigenvalue weighted by Gasteiger charge is 2.33. The van der Waals surface area contributed by atoms with E-state index in [1.54, 1.807) is 0 Å². The molecule has 2 rings (SSSR count). The van der Waals surface area contributed by atoms with Crippen LogP contribution in [0.4, 0.5) is 5.69 Å². The van der Waals surface area contributed by atoms with Crippen LogP contribution < -0.4 is 10.5 Å². The van der Waals surface area contributed by atoms with Crippen molar-refractivity contribution in [3.05, 3.63) is 27.2 Å². The van der Waals surface area contributed by atoms with Crippen LogP contribution in [0.3, 0.4) is 0 Å². The van der Waals surface area contributed by atoms with E-state index in [-0.39, 0.29) is 5.60 Å². The second kappa shape index (κ2) is 4.35. The van der Waals surface area contributed by atoms with E-state index in [1.165, 1.54) is 0 Å². The van der Waals surface area contributed by atoms with Crippen molar-refractivity contribution >= 4 is 5.69 Å². The molecular weight excluding hydrogens is 228 g/mol. The van der Waals surface area contributed by atoms with Gasteiger partial charge < -0.3 is 10.5 Å². The van der Waals surface area contributed by atoms with Crippen LogP contribution in [0, 0.1) is 25.7 Å². The van der Waals surface area contributed by atoms with Gasteiger partial charge in [0.1, 0.15) is 17.0 Å². The summed E-state index contributed by atoms with van der Waals surface area (Å²) in [5.74, 6) is 0.900. The number of rotatable bonds is 2. The fourth-order valence-electron chi connectivity index (χ4n) is 2.58. The van der Waals surface area contributed by atoms with Crippen LogP contribution in [-0.4, -0.2) is 12.1 Å². The van der Waals surface area contributed by atoms with Crippen LogP contribution in [0.2, 0.25) is 0 Å². The van der Waals surface area contributed by atoms with Gasteiger partial charge in [0.15, 0.2) is 0 Å². The third-order valence-electron chi connectivity index (χ3n) is 4.12. The minimum absolute atomic E-state index is 0.299. The Kier molecular flexibility index (Phi) is 3.15. The van der Waals surface area contributed by atoms with Gasteiger partial charge in [-0.2, -0.15) is 0 Å². The zero-order chi connectivity index (χ0) is 13.5. The number of ether oxygens (including phenoxy) is 1. The summed E-state index contributed by atoms with van der Waals surface area (Å²) in [6.07, 6.45) is 1.76. The van der Waals surface area contributed by atoms with E-state index < -0.39 is 0 Å². The standard InChI is InChI=1S/C14H20N2O2/c1-8-9(2)13-11(10(3)12(8)16-17)5-6-14(4,7-15)18-13/h5-7,15H2,1-4H3. The molecule has 1 aliphatic rings. The van der Waals surface area contributed by atoms with Crippen LogP contribution in [0.25, 0.3) is 0 Å². The Balaban J connectivity index is 2.63. The minimum Gasteiger partial charge on any atom is -0.486 e. The molecule has 1 heterocycles. The molecule has 1 aromatic rings. The molecule has 1 unspecified atom stereocenters. The quantitative estimate of drug-likeness (QED) is 0.818. The van der Waals surface area contributed by atoms with Gasteiger partial charge in [-0.15, -0.1) is 4.91 Å². The highest BCUT2D eigenvalue weighted by molar-refractivity contribution is 5.65. The van der Waals surface area contributed by atoms with Crippen LogP contribution in [0.5, 0.6) is 5.75 Å². The lowest BCUT2D eigenvalue weighted by molar-refractivity contribution is 0.0727. The first kappa shape index (κ1) is 13.0. The van der Waals surface area contributed by atoms with Crippen molar-refractivity contribution in [1.29, 1.82) is 0 Å². The lowest BCUT2D eigenvalue weighted by atomic mass is 9.87. The molecule has 1 atom stereocenters. The van der Waals surface area contributed by atoms with Crippen LogP contribution in [-0.2, 0) is 6.42 Å². The molecule has 4 heteroatoms. The third kappa shape index (κ3) is 1.81. The van der Waals surface area contributed by atoms with Crippen LogP contribution >= 0.6 is 0 Å². The molecule has 0 radical (unpaired) electrons. The van der Waals surface area contributed by atoms with Crippen molar-refractivity contribution in [2.45, 2.75) is 46.1 Å². The number of benzene rings is 1. The first-order chi connectivity index (χ1) is 8.43. The molecule has 0 fully saturated rings. The van der Waals surface area contributed by atoms with Gasteiger partial charge in [0.2, 0.25) is 0 Å². The van der Waals surface area contributed by atoms with E-state index in [1.807, 2.05) is 27.7 Å². The predicted molar refractivity (Wildman–Crippen MR) is 72.5 cm³/mol. The summed E-state index contributed by atoms with van der Waals surface area (Å²) in [7, 11) is 0. The first-order valence-electron chi connectivity index (χ1n) is 6.28. The maximum absolute atomic E-state index is 11.0. The molecule has 0 saturated heterocycles. The SMILES string of the molecule is Cc1c(C)c2c(c(C)c1N=O)CCC(C)(CN)O2. The second-order valence-corrected chi connectivity index (χ2v) is 5.38. The minimum atomic E-state index is -0.299. The predicted octanol–water partition coefficient (Wildman–Crippen LogP) is 3.05. The van der Waals surface area contributed by atoms with E-state index in [0.717, 1.165) is 40.8 Å². The number of fused-ring (bicyclic) bond motifs is 1. The van der Waals surface area contributed by atoms with Crippen LogP contribution in [0.1, 0.15) is 35.6 Å². The molecule has 0 bridgehead atoms. The van der Waals surface area contributed by atoms with Gasteiger partial charge in [0.25, 0.3) is 0 Å². The van der Waals surface area contributed by atoms with Gasteiger partial charge in [-0.25, -0.2) is 0 Å². The van der Waals surface area contributed by atoms with E-state index in [4.69, 9.17) is 10.5 Å². The largest absolute Gasteiger partial charge is 0.486 e. The second-order valence-electron chi connectivity index (χ2n) is 5.38. The lowest BCUT2D eigenvalue weighted by Crippen LogP contribution is -2.43. The van der Waals surface area contributed by atoms with Crippen LogP contribution in [0.15, 0.2) is 5.18 Å². The zero-order valence-corrected chi connectivity index (χ0v) is 11.5. The Bertz CT molecular complexity index is 511. The highest BCUT2D eigenvalue weighted by Crippen LogP contribution is 2.43. The molecule has 0 saturated carbocycles. The lowest BCUT2D eigenvalue weighted by Gasteiger charge is -2.37. The number of nitroso groups, excluding NO2 is 1. The smallest absolute Gasteiger partial charge is 0.126 e. The van der Waals surface area contributed by atoms with Gasteiger partial charge in [0, 0.05) is 6.54 Å². The number of nitrogens with zero attached hydrogens (tertiary/aromatic N) is 1. The molecule has 4 nitrogen and oxygen atoms in total. The van der Waals surface area contributed by atoms with Crippen molar-refractivity contribution in [1.82, 2.24) is 0 Å². The summed E-state index contributed by atoms with van der Waals surface area (Å²) in [5, 5.41) is 3.16. The summed E-state index contributed by atoms with van der Waals surface area (Å²) < 4.78 is 6.09. The number of hydrogen-bond acceptors (Lipinski definition) is 4. The Morgan fingerprint density at radius 1 is 1.28 bits per heavy atom. The Hall–Kier alpha value is -1.42.